The minimum absolute atomic E-state index is 0.0683. The van der Waals surface area contributed by atoms with E-state index in [0.717, 1.165) is 11.8 Å². The van der Waals surface area contributed by atoms with E-state index in [2.05, 4.69) is 15.9 Å². The molecule has 0 radical (unpaired) electrons. The van der Waals surface area contributed by atoms with Crippen LogP contribution in [-0.4, -0.2) is 39.3 Å². The largest absolute Gasteiger partial charge is 0.342 e. The van der Waals surface area contributed by atoms with Crippen molar-refractivity contribution in [3.05, 3.63) is 34.9 Å². The van der Waals surface area contributed by atoms with Gasteiger partial charge in [-0.1, -0.05) is 39.7 Å². The number of alkyl halides is 1. The summed E-state index contributed by atoms with van der Waals surface area (Å²) in [6.45, 7) is 0.185. The van der Waals surface area contributed by atoms with Crippen molar-refractivity contribution < 1.29 is 22.1 Å². The Balaban J connectivity index is 2.09. The SMILES string of the molecule is CS(=O)(=O)OC[C@@H]1CO[C@@](CBr)(c2ccc(Cl)cc2)O1. The summed E-state index contributed by atoms with van der Waals surface area (Å²) in [5.41, 5.74) is 0.806. The van der Waals surface area contributed by atoms with Crippen LogP contribution >= 0.6 is 27.5 Å². The number of hydrogen-bond acceptors (Lipinski definition) is 5. The smallest absolute Gasteiger partial charge is 0.264 e. The molecule has 1 fully saturated rings. The highest BCUT2D eigenvalue weighted by Gasteiger charge is 2.42. The van der Waals surface area contributed by atoms with Gasteiger partial charge in [0.1, 0.15) is 6.10 Å². The summed E-state index contributed by atoms with van der Waals surface area (Å²) in [5, 5.41) is 1.03. The predicted octanol–water partition coefficient (Wildman–Crippen LogP) is 2.28. The van der Waals surface area contributed by atoms with Gasteiger partial charge in [0.15, 0.2) is 0 Å². The van der Waals surface area contributed by atoms with Gasteiger partial charge in [-0.3, -0.25) is 4.18 Å². The lowest BCUT2D eigenvalue weighted by molar-refractivity contribution is -0.159. The molecular weight excluding hydrogens is 372 g/mol. The highest BCUT2D eigenvalue weighted by Crippen LogP contribution is 2.36. The first-order chi connectivity index (χ1) is 9.35. The monoisotopic (exact) mass is 384 g/mol. The van der Waals surface area contributed by atoms with Crippen LogP contribution < -0.4 is 0 Å². The van der Waals surface area contributed by atoms with Crippen LogP contribution in [0.25, 0.3) is 0 Å². The van der Waals surface area contributed by atoms with E-state index in [9.17, 15) is 8.42 Å². The van der Waals surface area contributed by atoms with Gasteiger partial charge in [0.25, 0.3) is 10.1 Å². The van der Waals surface area contributed by atoms with Gasteiger partial charge in [-0.25, -0.2) is 0 Å². The molecule has 1 aromatic rings. The van der Waals surface area contributed by atoms with Gasteiger partial charge < -0.3 is 9.47 Å². The van der Waals surface area contributed by atoms with Crippen LogP contribution in [0.2, 0.25) is 5.02 Å². The normalized spacial score (nSPS) is 26.9. The van der Waals surface area contributed by atoms with Crippen molar-refractivity contribution in [2.75, 3.05) is 24.8 Å². The Morgan fingerprint density at radius 1 is 1.45 bits per heavy atom. The summed E-state index contributed by atoms with van der Waals surface area (Å²) in [6.07, 6.45) is 0.553. The van der Waals surface area contributed by atoms with Crippen LogP contribution in [0, 0.1) is 0 Å². The summed E-state index contributed by atoms with van der Waals surface area (Å²) < 4.78 is 38.2. The first-order valence-electron chi connectivity index (χ1n) is 5.83. The second kappa shape index (κ2) is 6.29. The molecule has 1 saturated heterocycles. The lowest BCUT2D eigenvalue weighted by Crippen LogP contribution is -2.31. The molecule has 112 valence electrons. The molecule has 2 atom stereocenters. The molecule has 5 nitrogen and oxygen atoms in total. The molecular formula is C12H14BrClO5S. The van der Waals surface area contributed by atoms with Crippen LogP contribution in [-0.2, 0) is 29.6 Å². The highest BCUT2D eigenvalue weighted by atomic mass is 79.9. The lowest BCUT2D eigenvalue weighted by Gasteiger charge is -2.26. The van der Waals surface area contributed by atoms with Gasteiger partial charge in [0, 0.05) is 10.6 Å². The van der Waals surface area contributed by atoms with Crippen LogP contribution in [0.3, 0.4) is 0 Å². The van der Waals surface area contributed by atoms with Crippen LogP contribution in [0.4, 0.5) is 0 Å². The van der Waals surface area contributed by atoms with Gasteiger partial charge in [0.05, 0.1) is 24.8 Å². The highest BCUT2D eigenvalue weighted by molar-refractivity contribution is 9.09. The molecule has 0 spiro atoms. The number of ether oxygens (including phenoxy) is 2. The third-order valence-corrected chi connectivity index (χ3v) is 4.34. The maximum absolute atomic E-state index is 11.0. The molecule has 1 aromatic carbocycles. The van der Waals surface area contributed by atoms with E-state index in [1.165, 1.54) is 0 Å². The molecule has 0 N–H and O–H groups in total. The molecule has 0 saturated carbocycles. The maximum atomic E-state index is 11.0. The summed E-state index contributed by atoms with van der Waals surface area (Å²) in [4.78, 5) is 0. The van der Waals surface area contributed by atoms with E-state index in [0.29, 0.717) is 10.4 Å². The molecule has 0 aromatic heterocycles. The van der Waals surface area contributed by atoms with Gasteiger partial charge in [0.2, 0.25) is 5.79 Å². The molecule has 0 unspecified atom stereocenters. The van der Waals surface area contributed by atoms with Gasteiger partial charge in [-0.15, -0.1) is 0 Å². The van der Waals surface area contributed by atoms with E-state index in [1.54, 1.807) is 12.1 Å². The zero-order valence-corrected chi connectivity index (χ0v) is 13.9. The number of hydrogen-bond donors (Lipinski definition) is 0. The minimum atomic E-state index is -3.49. The summed E-state index contributed by atoms with van der Waals surface area (Å²) in [6, 6.07) is 7.11. The van der Waals surface area contributed by atoms with Gasteiger partial charge in [-0.2, -0.15) is 8.42 Å². The number of benzene rings is 1. The fourth-order valence-corrected chi connectivity index (χ4v) is 2.99. The molecule has 2 rings (SSSR count). The third-order valence-electron chi connectivity index (χ3n) is 2.79. The van der Waals surface area contributed by atoms with Crippen molar-refractivity contribution in [3.63, 3.8) is 0 Å². The molecule has 1 aliphatic rings. The van der Waals surface area contributed by atoms with E-state index in [-0.39, 0.29) is 13.2 Å². The summed E-state index contributed by atoms with van der Waals surface area (Å²) >= 11 is 9.22. The Morgan fingerprint density at radius 2 is 2.10 bits per heavy atom. The van der Waals surface area contributed by atoms with E-state index in [1.807, 2.05) is 12.1 Å². The Labute approximate surface area is 131 Å². The minimum Gasteiger partial charge on any atom is -0.342 e. The van der Waals surface area contributed by atoms with Crippen LogP contribution in [0.1, 0.15) is 5.56 Å². The van der Waals surface area contributed by atoms with Gasteiger partial charge in [-0.05, 0) is 12.1 Å². The molecule has 0 aliphatic carbocycles. The van der Waals surface area contributed by atoms with Crippen molar-refractivity contribution in [1.29, 1.82) is 0 Å². The van der Waals surface area contributed by atoms with Gasteiger partial charge >= 0.3 is 0 Å². The third kappa shape index (κ3) is 3.93. The number of halogens is 2. The maximum Gasteiger partial charge on any atom is 0.264 e. The van der Waals surface area contributed by atoms with E-state index in [4.69, 9.17) is 25.3 Å². The number of rotatable bonds is 5. The lowest BCUT2D eigenvalue weighted by atomic mass is 10.1. The zero-order chi connectivity index (χ0) is 14.8. The first-order valence-corrected chi connectivity index (χ1v) is 9.14. The molecule has 1 heterocycles. The summed E-state index contributed by atoms with van der Waals surface area (Å²) in [7, 11) is -3.49. The molecule has 0 bridgehead atoms. The summed E-state index contributed by atoms with van der Waals surface area (Å²) in [5.74, 6) is -0.948. The van der Waals surface area contributed by atoms with Crippen molar-refractivity contribution >= 4 is 37.6 Å². The van der Waals surface area contributed by atoms with Crippen LogP contribution in [0.5, 0.6) is 0 Å². The molecule has 8 heteroatoms. The first kappa shape index (κ1) is 16.2. The Bertz CT molecular complexity index is 562. The average molecular weight is 386 g/mol. The second-order valence-corrected chi connectivity index (χ2v) is 7.07. The Morgan fingerprint density at radius 3 is 2.65 bits per heavy atom. The molecule has 1 aliphatic heterocycles. The molecule has 20 heavy (non-hydrogen) atoms. The molecule has 0 amide bonds. The Kier molecular flexibility index (Phi) is 5.09. The topological polar surface area (TPSA) is 61.8 Å². The van der Waals surface area contributed by atoms with Crippen molar-refractivity contribution in [3.8, 4) is 0 Å². The van der Waals surface area contributed by atoms with Crippen molar-refractivity contribution in [1.82, 2.24) is 0 Å². The average Bonchev–Trinajstić information content (AvgIpc) is 2.81. The fraction of sp³-hybridized carbons (Fsp3) is 0.500. The van der Waals surface area contributed by atoms with Crippen molar-refractivity contribution in [2.24, 2.45) is 0 Å². The van der Waals surface area contributed by atoms with E-state index >= 15 is 0 Å². The quantitative estimate of drug-likeness (QED) is 0.575. The second-order valence-electron chi connectivity index (χ2n) is 4.43. The van der Waals surface area contributed by atoms with E-state index < -0.39 is 22.0 Å². The zero-order valence-electron chi connectivity index (χ0n) is 10.7. The fourth-order valence-electron chi connectivity index (χ4n) is 1.85. The standard InChI is InChI=1S/C12H14BrClO5S/c1-20(15,16)18-7-11-6-17-12(8-13,19-11)9-2-4-10(14)5-3-9/h2-5,11H,6-8H2,1H3/t11-,12+/m0/s1. The Hall–Kier alpha value is -0.180. The van der Waals surface area contributed by atoms with Crippen molar-refractivity contribution in [2.45, 2.75) is 11.9 Å². The van der Waals surface area contributed by atoms with Crippen LogP contribution in [0.15, 0.2) is 24.3 Å². The predicted molar refractivity (Wildman–Crippen MR) is 78.5 cm³/mol.